The van der Waals surface area contributed by atoms with Crippen LogP contribution in [0, 0.1) is 0 Å². The zero-order chi connectivity index (χ0) is 30.8. The highest BCUT2D eigenvalue weighted by molar-refractivity contribution is 7.71. The minimum absolute atomic E-state index is 0.360. The Morgan fingerprint density at radius 2 is 1.66 bits per heavy atom. The zero-order valence-electron chi connectivity index (χ0n) is 25.9. The number of hydrogen-bond acceptors (Lipinski definition) is 9. The van der Waals surface area contributed by atoms with Gasteiger partial charge in [0, 0.05) is 62.4 Å². The van der Waals surface area contributed by atoms with Crippen molar-refractivity contribution >= 4 is 63.6 Å². The average molecular weight is 634 g/mol. The number of halogens is 1. The van der Waals surface area contributed by atoms with E-state index in [4.69, 9.17) is 16.3 Å². The van der Waals surface area contributed by atoms with Crippen molar-refractivity contribution < 1.29 is 9.30 Å². The highest BCUT2D eigenvalue weighted by atomic mass is 35.5. The van der Waals surface area contributed by atoms with Crippen LogP contribution >= 0.6 is 18.7 Å². The van der Waals surface area contributed by atoms with E-state index in [-0.39, 0.29) is 0 Å². The Balaban J connectivity index is 1.18. The van der Waals surface area contributed by atoms with Crippen LogP contribution in [0.3, 0.4) is 0 Å². The first kappa shape index (κ1) is 30.7. The summed E-state index contributed by atoms with van der Waals surface area (Å²) in [5.74, 6) is 1.51. The third-order valence-corrected chi connectivity index (χ3v) is 10.6. The maximum atomic E-state index is 13.4. The van der Waals surface area contributed by atoms with Crippen LogP contribution in [0.25, 0.3) is 10.8 Å². The van der Waals surface area contributed by atoms with Crippen LogP contribution in [0.15, 0.2) is 60.8 Å². The second kappa shape index (κ2) is 12.9. The first-order valence-electron chi connectivity index (χ1n) is 15.2. The summed E-state index contributed by atoms with van der Waals surface area (Å²) >= 11 is 6.55. The lowest BCUT2D eigenvalue weighted by Crippen LogP contribution is -2.52. The van der Waals surface area contributed by atoms with E-state index in [1.165, 1.54) is 25.9 Å². The number of nitrogens with one attached hydrogen (secondary N) is 2. The number of hydrogen-bond donors (Lipinski definition) is 2. The van der Waals surface area contributed by atoms with Crippen LogP contribution < -0.4 is 25.6 Å². The molecule has 2 N–H and O–H groups in total. The van der Waals surface area contributed by atoms with E-state index in [0.717, 1.165) is 53.6 Å². The van der Waals surface area contributed by atoms with Gasteiger partial charge in [-0.1, -0.05) is 41.9 Å². The molecule has 44 heavy (non-hydrogen) atoms. The minimum Gasteiger partial charge on any atom is -0.494 e. The van der Waals surface area contributed by atoms with E-state index in [1.807, 2.05) is 42.5 Å². The van der Waals surface area contributed by atoms with Gasteiger partial charge in [-0.3, -0.25) is 4.90 Å². The molecule has 0 saturated carbocycles. The first-order valence-corrected chi connectivity index (χ1v) is 18.2. The molecule has 6 rings (SSSR count). The van der Waals surface area contributed by atoms with Crippen LogP contribution in [0.1, 0.15) is 12.8 Å². The van der Waals surface area contributed by atoms with Crippen LogP contribution in [-0.4, -0.2) is 92.6 Å². The lowest BCUT2D eigenvalue weighted by molar-refractivity contribution is 0.0982. The van der Waals surface area contributed by atoms with Gasteiger partial charge in [-0.05, 0) is 62.2 Å². The van der Waals surface area contributed by atoms with Gasteiger partial charge >= 0.3 is 0 Å². The predicted molar refractivity (Wildman–Crippen MR) is 184 cm³/mol. The van der Waals surface area contributed by atoms with E-state index in [2.05, 4.69) is 54.5 Å². The quantitative estimate of drug-likeness (QED) is 0.219. The van der Waals surface area contributed by atoms with Crippen molar-refractivity contribution in [2.24, 2.45) is 0 Å². The molecule has 0 aliphatic carbocycles. The number of likely N-dealkylation sites (N-methyl/N-ethyl adjacent to an activating group) is 1. The SMILES string of the molecule is COc1cc(N2CCC(N3CCN(C)CC3)CC2)ccc1Nc1ncc(Cl)c(Nc2ccc3ccccc3c2P(C)(C)=O)n1. The summed E-state index contributed by atoms with van der Waals surface area (Å²) in [6.45, 7) is 10.3. The smallest absolute Gasteiger partial charge is 0.229 e. The molecule has 2 aliphatic rings. The molecule has 9 nitrogen and oxygen atoms in total. The van der Waals surface area contributed by atoms with Crippen molar-refractivity contribution in [1.29, 1.82) is 0 Å². The van der Waals surface area contributed by atoms with Crippen molar-refractivity contribution in [2.45, 2.75) is 18.9 Å². The Labute approximate surface area is 264 Å². The Bertz CT molecular complexity index is 1680. The number of anilines is 5. The second-order valence-corrected chi connectivity index (χ2v) is 15.7. The summed E-state index contributed by atoms with van der Waals surface area (Å²) < 4.78 is 19.2. The van der Waals surface area contributed by atoms with Gasteiger partial charge in [0.15, 0.2) is 5.82 Å². The average Bonchev–Trinajstić information content (AvgIpc) is 3.02. The Kier molecular flexibility index (Phi) is 9.01. The molecule has 232 valence electrons. The summed E-state index contributed by atoms with van der Waals surface area (Å²) in [5.41, 5.74) is 2.62. The maximum absolute atomic E-state index is 13.4. The van der Waals surface area contributed by atoms with Crippen molar-refractivity contribution in [2.75, 3.05) is 82.3 Å². The van der Waals surface area contributed by atoms with E-state index < -0.39 is 7.14 Å². The van der Waals surface area contributed by atoms with Crippen LogP contribution in [0.4, 0.5) is 28.8 Å². The van der Waals surface area contributed by atoms with Gasteiger partial charge in [0.25, 0.3) is 0 Å². The highest BCUT2D eigenvalue weighted by Crippen LogP contribution is 2.42. The summed E-state index contributed by atoms with van der Waals surface area (Å²) in [6.07, 6.45) is 3.90. The lowest BCUT2D eigenvalue weighted by atomic mass is 10.0. The summed E-state index contributed by atoms with van der Waals surface area (Å²) in [5, 5.41) is 9.75. The van der Waals surface area contributed by atoms with Crippen LogP contribution in [0.5, 0.6) is 5.75 Å². The topological polar surface area (TPSA) is 85.9 Å². The van der Waals surface area contributed by atoms with Crippen LogP contribution in [-0.2, 0) is 4.57 Å². The summed E-state index contributed by atoms with van der Waals surface area (Å²) in [7, 11) is 1.23. The molecule has 2 aliphatic heterocycles. The number of piperazine rings is 1. The molecule has 3 aromatic carbocycles. The van der Waals surface area contributed by atoms with Crippen molar-refractivity contribution in [3.05, 3.63) is 65.8 Å². The van der Waals surface area contributed by atoms with Crippen LogP contribution in [0.2, 0.25) is 5.02 Å². The fourth-order valence-corrected chi connectivity index (χ4v) is 7.99. The number of fused-ring (bicyclic) bond motifs is 1. The summed E-state index contributed by atoms with van der Waals surface area (Å²) in [4.78, 5) is 16.6. The molecule has 0 radical (unpaired) electrons. The molecular weight excluding hydrogens is 593 g/mol. The number of methoxy groups -OCH3 is 1. The maximum Gasteiger partial charge on any atom is 0.229 e. The molecule has 0 atom stereocenters. The van der Waals surface area contributed by atoms with Gasteiger partial charge in [0.05, 0.1) is 24.7 Å². The largest absolute Gasteiger partial charge is 0.494 e. The summed E-state index contributed by atoms with van der Waals surface area (Å²) in [6, 6.07) is 18.8. The van der Waals surface area contributed by atoms with Gasteiger partial charge in [-0.2, -0.15) is 4.98 Å². The van der Waals surface area contributed by atoms with Gasteiger partial charge in [0.1, 0.15) is 17.9 Å². The Hall–Kier alpha value is -3.36. The van der Waals surface area contributed by atoms with Crippen molar-refractivity contribution in [3.63, 3.8) is 0 Å². The molecule has 0 unspecified atom stereocenters. The molecule has 4 aromatic rings. The number of benzene rings is 3. The number of aromatic nitrogens is 2. The fourth-order valence-electron chi connectivity index (χ4n) is 6.36. The molecule has 3 heterocycles. The second-order valence-electron chi connectivity index (χ2n) is 12.1. The molecular formula is C33H41ClN7O2P. The van der Waals surface area contributed by atoms with E-state index in [9.17, 15) is 4.57 Å². The highest BCUT2D eigenvalue weighted by Gasteiger charge is 2.27. The van der Waals surface area contributed by atoms with E-state index in [0.29, 0.717) is 34.3 Å². The number of nitrogens with zero attached hydrogens (tertiary/aromatic N) is 5. The normalized spacial score (nSPS) is 17.2. The molecule has 11 heteroatoms. The predicted octanol–water partition coefficient (Wildman–Crippen LogP) is 6.24. The number of rotatable bonds is 8. The zero-order valence-corrected chi connectivity index (χ0v) is 27.5. The van der Waals surface area contributed by atoms with Gasteiger partial charge in [-0.15, -0.1) is 0 Å². The van der Waals surface area contributed by atoms with E-state index >= 15 is 0 Å². The molecule has 0 bridgehead atoms. The Morgan fingerprint density at radius 1 is 0.932 bits per heavy atom. The monoisotopic (exact) mass is 633 g/mol. The van der Waals surface area contributed by atoms with Gasteiger partial charge in [0.2, 0.25) is 5.95 Å². The molecule has 1 aromatic heterocycles. The van der Waals surface area contributed by atoms with Crippen molar-refractivity contribution in [3.8, 4) is 5.75 Å². The molecule has 2 fully saturated rings. The molecule has 0 spiro atoms. The van der Waals surface area contributed by atoms with E-state index in [1.54, 1.807) is 26.6 Å². The molecule has 0 amide bonds. The fraction of sp³-hybridized carbons (Fsp3) is 0.394. The third kappa shape index (κ3) is 6.66. The number of piperidine rings is 1. The third-order valence-electron chi connectivity index (χ3n) is 8.75. The lowest BCUT2D eigenvalue weighted by Gasteiger charge is -2.42. The van der Waals surface area contributed by atoms with Crippen molar-refractivity contribution in [1.82, 2.24) is 19.8 Å². The Morgan fingerprint density at radius 3 is 2.39 bits per heavy atom. The number of ether oxygens (including phenoxy) is 1. The standard InChI is InChI=1S/C33H41ClN7O2P/c1-39-17-19-41(20-18-39)24-13-15-40(16-14-24)25-10-12-28(30(21-25)43-2)37-33-35-22-27(34)32(38-33)36-29-11-9-23-7-5-6-8-26(23)31(29)44(3,4)42/h5-12,21-22,24H,13-20H2,1-4H3,(H2,35,36,37,38). The van der Waals surface area contributed by atoms with Gasteiger partial charge in [-0.25, -0.2) is 4.98 Å². The minimum atomic E-state index is -2.65. The first-order chi connectivity index (χ1) is 21.2. The van der Waals surface area contributed by atoms with Gasteiger partial charge < -0.3 is 29.7 Å². The molecule has 2 saturated heterocycles.